The number of methoxy groups -OCH3 is 2. The average molecular weight is 479 g/mol. The highest BCUT2D eigenvalue weighted by atomic mass is 16.5. The number of carbonyl (C=O) groups is 1. The van der Waals surface area contributed by atoms with Gasteiger partial charge in [0.2, 0.25) is 0 Å². The minimum atomic E-state index is -0.418. The van der Waals surface area contributed by atoms with Crippen molar-refractivity contribution in [2.45, 2.75) is 52.4 Å². The summed E-state index contributed by atoms with van der Waals surface area (Å²) in [7, 11) is 3.19. The van der Waals surface area contributed by atoms with E-state index in [1.165, 1.54) is 32.1 Å². The predicted molar refractivity (Wildman–Crippen MR) is 137 cm³/mol. The molecule has 1 aliphatic rings. The van der Waals surface area contributed by atoms with E-state index in [0.29, 0.717) is 41.2 Å². The first-order valence-electron chi connectivity index (χ1n) is 12.2. The summed E-state index contributed by atoms with van der Waals surface area (Å²) >= 11 is 0. The summed E-state index contributed by atoms with van der Waals surface area (Å²) < 4.78 is 22.6. The Balaban J connectivity index is 1.45. The fourth-order valence-corrected chi connectivity index (χ4v) is 4.64. The van der Waals surface area contributed by atoms with Gasteiger partial charge in [0.15, 0.2) is 11.5 Å². The first kappa shape index (κ1) is 24.6. The minimum Gasteiger partial charge on any atom is -0.493 e. The second-order valence-electron chi connectivity index (χ2n) is 9.05. The Hall–Kier alpha value is -3.48. The maximum absolute atomic E-state index is 12.4. The number of hydrogen-bond donors (Lipinski definition) is 1. The van der Waals surface area contributed by atoms with E-state index < -0.39 is 6.09 Å². The van der Waals surface area contributed by atoms with E-state index in [1.54, 1.807) is 20.4 Å². The number of pyridine rings is 1. The summed E-state index contributed by atoms with van der Waals surface area (Å²) in [4.78, 5) is 16.8. The third-order valence-electron chi connectivity index (χ3n) is 6.88. The molecule has 7 heteroatoms. The smallest absolute Gasteiger partial charge is 0.411 e. The van der Waals surface area contributed by atoms with Crippen LogP contribution in [0.15, 0.2) is 36.5 Å². The number of amides is 1. The Bertz CT molecular complexity index is 1190. The molecule has 4 rings (SSSR count). The van der Waals surface area contributed by atoms with Gasteiger partial charge in [-0.25, -0.2) is 4.79 Å². The van der Waals surface area contributed by atoms with Crippen LogP contribution in [0.1, 0.15) is 49.7 Å². The molecule has 1 aromatic heterocycles. The molecule has 1 fully saturated rings. The van der Waals surface area contributed by atoms with Gasteiger partial charge in [0, 0.05) is 23.3 Å². The van der Waals surface area contributed by atoms with E-state index in [2.05, 4.69) is 10.3 Å². The van der Waals surface area contributed by atoms with Gasteiger partial charge < -0.3 is 18.9 Å². The predicted octanol–water partition coefficient (Wildman–Crippen LogP) is 7.18. The standard InChI is InChI=1S/C28H34N2O5/c1-18-19(2)24(11-10-22(18)30-28(31)34-15-13-20-8-6-5-7-9-20)35-25-12-14-29-23-17-27(33-4)26(32-3)16-21(23)25/h10-12,14,16-17,20H,5-9,13,15H2,1-4H3,(H,30,31). The summed E-state index contributed by atoms with van der Waals surface area (Å²) in [5.41, 5.74) is 3.30. The first-order chi connectivity index (χ1) is 17.0. The molecule has 2 aromatic carbocycles. The van der Waals surface area contributed by atoms with Crippen molar-refractivity contribution in [2.75, 3.05) is 26.1 Å². The van der Waals surface area contributed by atoms with E-state index in [9.17, 15) is 4.79 Å². The van der Waals surface area contributed by atoms with E-state index in [0.717, 1.165) is 28.5 Å². The Morgan fingerprint density at radius 2 is 1.69 bits per heavy atom. The molecule has 0 unspecified atom stereocenters. The molecule has 3 aromatic rings. The number of fused-ring (bicyclic) bond motifs is 1. The number of benzene rings is 2. The summed E-state index contributed by atoms with van der Waals surface area (Å²) in [6.07, 6.45) is 8.63. The molecule has 0 atom stereocenters. The van der Waals surface area contributed by atoms with Gasteiger partial charge in [-0.05, 0) is 61.6 Å². The molecule has 0 spiro atoms. The van der Waals surface area contributed by atoms with Crippen LogP contribution in [0.5, 0.6) is 23.0 Å². The molecular formula is C28H34N2O5. The van der Waals surface area contributed by atoms with Gasteiger partial charge in [0.25, 0.3) is 0 Å². The second kappa shape index (κ2) is 11.3. The Morgan fingerprint density at radius 1 is 0.943 bits per heavy atom. The molecule has 0 saturated heterocycles. The number of nitrogens with one attached hydrogen (secondary N) is 1. The molecule has 1 heterocycles. The molecule has 1 N–H and O–H groups in total. The number of hydrogen-bond acceptors (Lipinski definition) is 6. The molecule has 0 radical (unpaired) electrons. The highest BCUT2D eigenvalue weighted by Crippen LogP contribution is 2.38. The van der Waals surface area contributed by atoms with Crippen LogP contribution in [0.3, 0.4) is 0 Å². The van der Waals surface area contributed by atoms with Gasteiger partial charge in [-0.1, -0.05) is 32.1 Å². The Labute approximate surface area is 206 Å². The lowest BCUT2D eigenvalue weighted by Crippen LogP contribution is -2.17. The van der Waals surface area contributed by atoms with Crippen molar-refractivity contribution in [3.63, 3.8) is 0 Å². The normalized spacial score (nSPS) is 13.9. The van der Waals surface area contributed by atoms with Crippen LogP contribution in [-0.2, 0) is 4.74 Å². The summed E-state index contributed by atoms with van der Waals surface area (Å²) in [6.45, 7) is 4.38. The number of nitrogens with zero attached hydrogens (tertiary/aromatic N) is 1. The molecule has 1 saturated carbocycles. The molecule has 0 bridgehead atoms. The van der Waals surface area contributed by atoms with Crippen molar-refractivity contribution in [1.82, 2.24) is 4.98 Å². The van der Waals surface area contributed by atoms with Crippen LogP contribution in [0.2, 0.25) is 0 Å². The zero-order valence-corrected chi connectivity index (χ0v) is 21.0. The van der Waals surface area contributed by atoms with Crippen LogP contribution in [-0.4, -0.2) is 31.9 Å². The summed E-state index contributed by atoms with van der Waals surface area (Å²) in [5, 5.41) is 3.69. The third-order valence-corrected chi connectivity index (χ3v) is 6.88. The van der Waals surface area contributed by atoms with Crippen molar-refractivity contribution in [3.8, 4) is 23.0 Å². The molecule has 7 nitrogen and oxygen atoms in total. The largest absolute Gasteiger partial charge is 0.493 e. The monoisotopic (exact) mass is 478 g/mol. The second-order valence-corrected chi connectivity index (χ2v) is 9.05. The number of ether oxygens (including phenoxy) is 4. The molecule has 0 aliphatic heterocycles. The SMILES string of the molecule is COc1cc2nccc(Oc3ccc(NC(=O)OCCC4CCCCC4)c(C)c3C)c2cc1OC. The maximum Gasteiger partial charge on any atom is 0.411 e. The van der Waals surface area contributed by atoms with Gasteiger partial charge in [0.05, 0.1) is 26.3 Å². The maximum atomic E-state index is 12.4. The Morgan fingerprint density at radius 3 is 2.43 bits per heavy atom. The topological polar surface area (TPSA) is 78.9 Å². The molecule has 1 aliphatic carbocycles. The molecule has 186 valence electrons. The molecule has 35 heavy (non-hydrogen) atoms. The number of aromatic nitrogens is 1. The number of carbonyl (C=O) groups excluding carboxylic acids is 1. The van der Waals surface area contributed by atoms with Gasteiger partial charge in [-0.3, -0.25) is 10.3 Å². The van der Waals surface area contributed by atoms with Gasteiger partial charge in [0.1, 0.15) is 11.5 Å². The van der Waals surface area contributed by atoms with Crippen molar-refractivity contribution >= 4 is 22.7 Å². The number of anilines is 1. The Kier molecular flexibility index (Phi) is 7.95. The highest BCUT2D eigenvalue weighted by molar-refractivity contribution is 5.89. The van der Waals surface area contributed by atoms with Gasteiger partial charge >= 0.3 is 6.09 Å². The van der Waals surface area contributed by atoms with Crippen LogP contribution < -0.4 is 19.5 Å². The van der Waals surface area contributed by atoms with Gasteiger partial charge in [-0.2, -0.15) is 0 Å². The van der Waals surface area contributed by atoms with Crippen LogP contribution in [0.4, 0.5) is 10.5 Å². The van der Waals surface area contributed by atoms with Crippen molar-refractivity contribution in [3.05, 3.63) is 47.7 Å². The fourth-order valence-electron chi connectivity index (χ4n) is 4.64. The van der Waals surface area contributed by atoms with Crippen LogP contribution in [0, 0.1) is 19.8 Å². The van der Waals surface area contributed by atoms with E-state index in [1.807, 2.05) is 44.2 Å². The highest BCUT2D eigenvalue weighted by Gasteiger charge is 2.16. The zero-order valence-electron chi connectivity index (χ0n) is 21.0. The summed E-state index contributed by atoms with van der Waals surface area (Å²) in [6, 6.07) is 9.20. The number of rotatable bonds is 8. The van der Waals surface area contributed by atoms with Crippen LogP contribution >= 0.6 is 0 Å². The van der Waals surface area contributed by atoms with Gasteiger partial charge in [-0.15, -0.1) is 0 Å². The van der Waals surface area contributed by atoms with Crippen molar-refractivity contribution in [1.29, 1.82) is 0 Å². The third kappa shape index (κ3) is 5.78. The lowest BCUT2D eigenvalue weighted by Gasteiger charge is -2.21. The fraction of sp³-hybridized carbons (Fsp3) is 0.429. The van der Waals surface area contributed by atoms with E-state index >= 15 is 0 Å². The lowest BCUT2D eigenvalue weighted by molar-refractivity contribution is 0.148. The quantitative estimate of drug-likeness (QED) is 0.369. The van der Waals surface area contributed by atoms with Crippen LogP contribution in [0.25, 0.3) is 10.9 Å². The summed E-state index contributed by atoms with van der Waals surface area (Å²) in [5.74, 6) is 3.24. The first-order valence-corrected chi connectivity index (χ1v) is 12.2. The molecular weight excluding hydrogens is 444 g/mol. The van der Waals surface area contributed by atoms with Crippen molar-refractivity contribution < 1.29 is 23.7 Å². The van der Waals surface area contributed by atoms with Crippen molar-refractivity contribution in [2.24, 2.45) is 5.92 Å². The molecule has 1 amide bonds. The minimum absolute atomic E-state index is 0.418. The zero-order chi connectivity index (χ0) is 24.8. The van der Waals surface area contributed by atoms with E-state index in [4.69, 9.17) is 18.9 Å². The van der Waals surface area contributed by atoms with E-state index in [-0.39, 0.29) is 0 Å². The average Bonchev–Trinajstić information content (AvgIpc) is 2.88. The lowest BCUT2D eigenvalue weighted by atomic mass is 9.87.